The van der Waals surface area contributed by atoms with Crippen molar-refractivity contribution in [1.82, 2.24) is 9.55 Å². The summed E-state index contributed by atoms with van der Waals surface area (Å²) in [6, 6.07) is 12.1. The topological polar surface area (TPSA) is 38.0 Å². The van der Waals surface area contributed by atoms with Crippen LogP contribution in [-0.4, -0.2) is 14.7 Å². The highest BCUT2D eigenvalue weighted by Crippen LogP contribution is 2.34. The fourth-order valence-electron chi connectivity index (χ4n) is 2.44. The van der Waals surface area contributed by atoms with E-state index in [9.17, 15) is 5.11 Å². The van der Waals surface area contributed by atoms with Gasteiger partial charge in [0, 0.05) is 34.0 Å². The third-order valence-electron chi connectivity index (χ3n) is 3.54. The van der Waals surface area contributed by atoms with E-state index in [4.69, 9.17) is 0 Å². The Kier molecular flexibility index (Phi) is 3.88. The van der Waals surface area contributed by atoms with Crippen molar-refractivity contribution in [2.45, 2.75) is 30.5 Å². The Bertz CT molecular complexity index is 764. The molecule has 2 aromatic carbocycles. The number of phenols is 1. The van der Waals surface area contributed by atoms with Crippen LogP contribution in [0.5, 0.6) is 5.75 Å². The molecule has 0 atom stereocenters. The molecule has 3 rings (SSSR count). The zero-order valence-electron chi connectivity index (χ0n) is 12.2. The predicted octanol–water partition coefficient (Wildman–Crippen LogP) is 4.62. The van der Waals surface area contributed by atoms with Gasteiger partial charge in [0.25, 0.3) is 0 Å². The maximum Gasteiger partial charge on any atom is 0.123 e. The van der Waals surface area contributed by atoms with Gasteiger partial charge in [0.2, 0.25) is 0 Å². The molecule has 1 aromatic heterocycles. The monoisotopic (exact) mass is 298 g/mol. The Morgan fingerprint density at radius 3 is 2.67 bits per heavy atom. The highest BCUT2D eigenvalue weighted by atomic mass is 32.2. The van der Waals surface area contributed by atoms with Crippen LogP contribution in [0.25, 0.3) is 10.8 Å². The first kappa shape index (κ1) is 14.0. The van der Waals surface area contributed by atoms with E-state index >= 15 is 0 Å². The maximum atomic E-state index is 9.94. The molecule has 0 radical (unpaired) electrons. The van der Waals surface area contributed by atoms with Gasteiger partial charge in [-0.05, 0) is 31.4 Å². The van der Waals surface area contributed by atoms with Crippen LogP contribution >= 0.6 is 11.8 Å². The minimum Gasteiger partial charge on any atom is -0.507 e. The molecule has 108 valence electrons. The fraction of sp³-hybridized carbons (Fsp3) is 0.235. The summed E-state index contributed by atoms with van der Waals surface area (Å²) in [5.74, 6) is 1.20. The molecule has 3 nitrogen and oxygen atoms in total. The van der Waals surface area contributed by atoms with Crippen LogP contribution in [0.4, 0.5) is 0 Å². The summed E-state index contributed by atoms with van der Waals surface area (Å²) in [5.41, 5.74) is 1.21. The molecule has 0 spiro atoms. The normalized spacial score (nSPS) is 11.4. The first-order valence-corrected chi connectivity index (χ1v) is 7.99. The quantitative estimate of drug-likeness (QED) is 0.714. The van der Waals surface area contributed by atoms with Crippen LogP contribution < -0.4 is 0 Å². The molecule has 0 amide bonds. The van der Waals surface area contributed by atoms with Crippen LogP contribution in [0.15, 0.2) is 53.8 Å². The smallest absolute Gasteiger partial charge is 0.123 e. The molecule has 0 saturated heterocycles. The minimum absolute atomic E-state index is 0.335. The summed E-state index contributed by atoms with van der Waals surface area (Å²) in [6.45, 7) is 4.32. The van der Waals surface area contributed by atoms with Crippen molar-refractivity contribution in [1.29, 1.82) is 0 Å². The first-order valence-electron chi connectivity index (χ1n) is 7.01. The van der Waals surface area contributed by atoms with Crippen molar-refractivity contribution in [3.05, 3.63) is 54.6 Å². The number of nitrogens with zero attached hydrogens (tertiary/aromatic N) is 2. The summed E-state index contributed by atoms with van der Waals surface area (Å²) < 4.78 is 2.19. The van der Waals surface area contributed by atoms with Gasteiger partial charge in [-0.3, -0.25) is 0 Å². The van der Waals surface area contributed by atoms with Crippen molar-refractivity contribution in [3.8, 4) is 5.75 Å². The van der Waals surface area contributed by atoms with E-state index in [-0.39, 0.29) is 0 Å². The van der Waals surface area contributed by atoms with Crippen LogP contribution in [0, 0.1) is 0 Å². The zero-order valence-corrected chi connectivity index (χ0v) is 13.0. The predicted molar refractivity (Wildman–Crippen MR) is 87.8 cm³/mol. The number of thioether (sulfide) groups is 1. The van der Waals surface area contributed by atoms with Crippen LogP contribution in [0.1, 0.15) is 25.6 Å². The lowest BCUT2D eigenvalue weighted by Crippen LogP contribution is -2.02. The Morgan fingerprint density at radius 2 is 1.90 bits per heavy atom. The van der Waals surface area contributed by atoms with Crippen LogP contribution in [0.2, 0.25) is 0 Å². The Morgan fingerprint density at radius 1 is 1.14 bits per heavy atom. The van der Waals surface area contributed by atoms with Gasteiger partial charge >= 0.3 is 0 Å². The van der Waals surface area contributed by atoms with Crippen molar-refractivity contribution in [2.75, 3.05) is 0 Å². The molecule has 1 N–H and O–H groups in total. The van der Waals surface area contributed by atoms with Crippen LogP contribution in [-0.2, 0) is 5.75 Å². The summed E-state index contributed by atoms with van der Waals surface area (Å²) >= 11 is 1.78. The SMILES string of the molecule is CC(C)n1cncc1CSc1ccc(O)c2ccccc12. The van der Waals surface area contributed by atoms with Gasteiger partial charge in [0.05, 0.1) is 6.33 Å². The summed E-state index contributed by atoms with van der Waals surface area (Å²) in [6.07, 6.45) is 3.81. The Labute approximate surface area is 128 Å². The molecule has 21 heavy (non-hydrogen) atoms. The van der Waals surface area contributed by atoms with E-state index in [1.54, 1.807) is 17.8 Å². The van der Waals surface area contributed by atoms with E-state index in [1.165, 1.54) is 10.6 Å². The Balaban J connectivity index is 1.89. The maximum absolute atomic E-state index is 9.94. The van der Waals surface area contributed by atoms with E-state index in [0.29, 0.717) is 11.8 Å². The minimum atomic E-state index is 0.335. The van der Waals surface area contributed by atoms with Gasteiger partial charge in [-0.2, -0.15) is 0 Å². The first-order chi connectivity index (χ1) is 10.2. The number of imidazole rings is 1. The van der Waals surface area contributed by atoms with Gasteiger partial charge in [0.15, 0.2) is 0 Å². The largest absolute Gasteiger partial charge is 0.507 e. The number of fused-ring (bicyclic) bond motifs is 1. The lowest BCUT2D eigenvalue weighted by Gasteiger charge is -2.12. The molecule has 0 aliphatic rings. The molecule has 4 heteroatoms. The highest BCUT2D eigenvalue weighted by molar-refractivity contribution is 7.98. The zero-order chi connectivity index (χ0) is 14.8. The van der Waals surface area contributed by atoms with Gasteiger partial charge in [-0.1, -0.05) is 24.3 Å². The van der Waals surface area contributed by atoms with Crippen molar-refractivity contribution >= 4 is 22.5 Å². The number of aromatic nitrogens is 2. The molecular weight excluding hydrogens is 280 g/mol. The molecule has 0 fully saturated rings. The third kappa shape index (κ3) is 2.76. The van der Waals surface area contributed by atoms with Gasteiger partial charge < -0.3 is 9.67 Å². The standard InChI is InChI=1S/C17H18N2OS/c1-12(2)19-11-18-9-13(19)10-21-17-8-7-16(20)14-5-3-4-6-15(14)17/h3-9,11-12,20H,10H2,1-2H3. The second-order valence-corrected chi connectivity index (χ2v) is 6.32. The number of benzene rings is 2. The van der Waals surface area contributed by atoms with Gasteiger partial charge in [-0.25, -0.2) is 4.98 Å². The van der Waals surface area contributed by atoms with Crippen LogP contribution in [0.3, 0.4) is 0 Å². The molecule has 0 saturated carbocycles. The third-order valence-corrected chi connectivity index (χ3v) is 4.65. The van der Waals surface area contributed by atoms with Gasteiger partial charge in [0.1, 0.15) is 5.75 Å². The molecule has 1 heterocycles. The number of phenolic OH excluding ortho intramolecular Hbond substituents is 1. The average molecular weight is 298 g/mol. The molecule has 0 aliphatic heterocycles. The fourth-order valence-corrected chi connectivity index (χ4v) is 3.47. The second kappa shape index (κ2) is 5.82. The number of hydrogen-bond acceptors (Lipinski definition) is 3. The summed E-state index contributed by atoms with van der Waals surface area (Å²) in [4.78, 5) is 5.42. The molecule has 0 aliphatic carbocycles. The van der Waals surface area contributed by atoms with E-state index < -0.39 is 0 Å². The molecule has 0 unspecified atom stereocenters. The summed E-state index contributed by atoms with van der Waals surface area (Å²) in [5, 5.41) is 11.9. The molecule has 3 aromatic rings. The summed E-state index contributed by atoms with van der Waals surface area (Å²) in [7, 11) is 0. The van der Waals surface area contributed by atoms with Crippen molar-refractivity contribution in [2.24, 2.45) is 0 Å². The van der Waals surface area contributed by atoms with Gasteiger partial charge in [-0.15, -0.1) is 11.8 Å². The highest BCUT2D eigenvalue weighted by Gasteiger charge is 2.09. The lowest BCUT2D eigenvalue weighted by atomic mass is 10.1. The average Bonchev–Trinajstić information content (AvgIpc) is 2.96. The Hall–Kier alpha value is -1.94. The lowest BCUT2D eigenvalue weighted by molar-refractivity contribution is 0.481. The number of aromatic hydroxyl groups is 1. The van der Waals surface area contributed by atoms with E-state index in [2.05, 4.69) is 29.5 Å². The number of rotatable bonds is 4. The van der Waals surface area contributed by atoms with E-state index in [0.717, 1.165) is 16.5 Å². The second-order valence-electron chi connectivity index (χ2n) is 5.30. The molecule has 0 bridgehead atoms. The number of hydrogen-bond donors (Lipinski definition) is 1. The van der Waals surface area contributed by atoms with Crippen molar-refractivity contribution < 1.29 is 5.11 Å². The van der Waals surface area contributed by atoms with E-state index in [1.807, 2.05) is 36.8 Å². The molecular formula is C17H18N2OS. The van der Waals surface area contributed by atoms with Crippen molar-refractivity contribution in [3.63, 3.8) is 0 Å².